The number of rotatable bonds is 3. The molecule has 3 nitrogen and oxygen atoms in total. The SMILES string of the molecule is CCC(=O)c1ccc(-n2cccn2)cc1. The number of Topliss-reactive ketones (excluding diaryl/α,β-unsaturated/α-hetero) is 1. The van der Waals surface area contributed by atoms with Crippen LogP contribution in [0.5, 0.6) is 0 Å². The number of carbonyl (C=O) groups excluding carboxylic acids is 1. The van der Waals surface area contributed by atoms with Gasteiger partial charge in [-0.05, 0) is 30.3 Å². The van der Waals surface area contributed by atoms with Crippen molar-refractivity contribution in [3.8, 4) is 5.69 Å². The van der Waals surface area contributed by atoms with Crippen molar-refractivity contribution in [2.75, 3.05) is 0 Å². The molecule has 0 spiro atoms. The summed E-state index contributed by atoms with van der Waals surface area (Å²) in [6.07, 6.45) is 4.14. The molecule has 0 aliphatic rings. The van der Waals surface area contributed by atoms with Crippen molar-refractivity contribution in [2.24, 2.45) is 0 Å². The van der Waals surface area contributed by atoms with Gasteiger partial charge in [0.25, 0.3) is 0 Å². The highest BCUT2D eigenvalue weighted by molar-refractivity contribution is 5.95. The summed E-state index contributed by atoms with van der Waals surface area (Å²) in [5, 5.41) is 4.11. The van der Waals surface area contributed by atoms with Gasteiger partial charge in [0.15, 0.2) is 5.78 Å². The number of aromatic nitrogens is 2. The van der Waals surface area contributed by atoms with Gasteiger partial charge in [0.2, 0.25) is 0 Å². The highest BCUT2D eigenvalue weighted by atomic mass is 16.1. The number of carbonyl (C=O) groups is 1. The molecule has 0 saturated carbocycles. The van der Waals surface area contributed by atoms with Crippen molar-refractivity contribution in [1.29, 1.82) is 0 Å². The van der Waals surface area contributed by atoms with Gasteiger partial charge >= 0.3 is 0 Å². The third-order valence-corrected chi connectivity index (χ3v) is 2.28. The molecule has 0 radical (unpaired) electrons. The Morgan fingerprint density at radius 1 is 1.33 bits per heavy atom. The van der Waals surface area contributed by atoms with E-state index in [1.165, 1.54) is 0 Å². The molecule has 0 N–H and O–H groups in total. The Labute approximate surface area is 88.4 Å². The molecule has 76 valence electrons. The number of hydrogen-bond acceptors (Lipinski definition) is 2. The molecule has 0 atom stereocenters. The quantitative estimate of drug-likeness (QED) is 0.713. The van der Waals surface area contributed by atoms with Crippen molar-refractivity contribution in [2.45, 2.75) is 13.3 Å². The van der Waals surface area contributed by atoms with Crippen molar-refractivity contribution >= 4 is 5.78 Å². The minimum atomic E-state index is 0.169. The average Bonchev–Trinajstić information content (AvgIpc) is 2.82. The van der Waals surface area contributed by atoms with Gasteiger partial charge in [-0.15, -0.1) is 0 Å². The Kier molecular flexibility index (Phi) is 2.63. The Morgan fingerprint density at radius 3 is 2.60 bits per heavy atom. The molecule has 0 unspecified atom stereocenters. The predicted octanol–water partition coefficient (Wildman–Crippen LogP) is 2.47. The molecule has 0 saturated heterocycles. The standard InChI is InChI=1S/C12H12N2O/c1-2-12(15)10-4-6-11(7-5-10)14-9-3-8-13-14/h3-9H,2H2,1H3. The zero-order valence-corrected chi connectivity index (χ0v) is 8.55. The number of benzene rings is 1. The van der Waals surface area contributed by atoms with Gasteiger partial charge in [0.1, 0.15) is 0 Å². The second-order valence-corrected chi connectivity index (χ2v) is 3.27. The number of ketones is 1. The van der Waals surface area contributed by atoms with Gasteiger partial charge in [-0.1, -0.05) is 6.92 Å². The lowest BCUT2D eigenvalue weighted by molar-refractivity contribution is 0.0988. The van der Waals surface area contributed by atoms with E-state index in [2.05, 4.69) is 5.10 Å². The van der Waals surface area contributed by atoms with Gasteiger partial charge < -0.3 is 0 Å². The highest BCUT2D eigenvalue weighted by Gasteiger charge is 2.02. The lowest BCUT2D eigenvalue weighted by Crippen LogP contribution is -1.98. The molecule has 3 heteroatoms. The van der Waals surface area contributed by atoms with Gasteiger partial charge in [-0.3, -0.25) is 4.79 Å². The van der Waals surface area contributed by atoms with Crippen LogP contribution in [0.2, 0.25) is 0 Å². The summed E-state index contributed by atoms with van der Waals surface area (Å²) in [6, 6.07) is 9.34. The third kappa shape index (κ3) is 1.96. The second kappa shape index (κ2) is 4.09. The van der Waals surface area contributed by atoms with Crippen molar-refractivity contribution in [3.05, 3.63) is 48.3 Å². The summed E-state index contributed by atoms with van der Waals surface area (Å²) in [5.74, 6) is 0.169. The van der Waals surface area contributed by atoms with E-state index in [0.717, 1.165) is 11.3 Å². The molecule has 0 fully saturated rings. The summed E-state index contributed by atoms with van der Waals surface area (Å²) < 4.78 is 1.76. The predicted molar refractivity (Wildman–Crippen MR) is 58.2 cm³/mol. The van der Waals surface area contributed by atoms with E-state index >= 15 is 0 Å². The zero-order valence-electron chi connectivity index (χ0n) is 8.55. The van der Waals surface area contributed by atoms with E-state index in [4.69, 9.17) is 0 Å². The van der Waals surface area contributed by atoms with Crippen LogP contribution in [0.1, 0.15) is 23.7 Å². The van der Waals surface area contributed by atoms with E-state index in [-0.39, 0.29) is 5.78 Å². The topological polar surface area (TPSA) is 34.9 Å². The molecule has 0 bridgehead atoms. The van der Waals surface area contributed by atoms with E-state index < -0.39 is 0 Å². The first kappa shape index (κ1) is 9.65. The van der Waals surface area contributed by atoms with Gasteiger partial charge in [0, 0.05) is 24.4 Å². The number of hydrogen-bond donors (Lipinski definition) is 0. The van der Waals surface area contributed by atoms with E-state index in [0.29, 0.717) is 6.42 Å². The first-order chi connectivity index (χ1) is 7.31. The Balaban J connectivity index is 2.29. The molecule has 1 aromatic carbocycles. The fraction of sp³-hybridized carbons (Fsp3) is 0.167. The monoisotopic (exact) mass is 200 g/mol. The Bertz CT molecular complexity index is 443. The van der Waals surface area contributed by atoms with E-state index in [1.54, 1.807) is 10.9 Å². The molecule has 0 aliphatic carbocycles. The Morgan fingerprint density at radius 2 is 2.07 bits per heavy atom. The van der Waals surface area contributed by atoms with Crippen LogP contribution in [0, 0.1) is 0 Å². The lowest BCUT2D eigenvalue weighted by atomic mass is 10.1. The van der Waals surface area contributed by atoms with Crippen LogP contribution < -0.4 is 0 Å². The molecule has 0 aliphatic heterocycles. The fourth-order valence-electron chi connectivity index (χ4n) is 1.43. The second-order valence-electron chi connectivity index (χ2n) is 3.27. The van der Waals surface area contributed by atoms with Crippen LogP contribution in [-0.2, 0) is 0 Å². The summed E-state index contributed by atoms with van der Waals surface area (Å²) in [4.78, 5) is 11.4. The minimum Gasteiger partial charge on any atom is -0.294 e. The highest BCUT2D eigenvalue weighted by Crippen LogP contribution is 2.09. The maximum atomic E-state index is 11.4. The van der Waals surface area contributed by atoms with Crippen LogP contribution in [0.15, 0.2) is 42.7 Å². The maximum Gasteiger partial charge on any atom is 0.162 e. The molecule has 2 aromatic rings. The van der Waals surface area contributed by atoms with Crippen LogP contribution in [0.4, 0.5) is 0 Å². The first-order valence-electron chi connectivity index (χ1n) is 4.94. The van der Waals surface area contributed by atoms with Gasteiger partial charge in [-0.2, -0.15) is 5.10 Å². The van der Waals surface area contributed by atoms with E-state index in [9.17, 15) is 4.79 Å². The van der Waals surface area contributed by atoms with Crippen LogP contribution >= 0.6 is 0 Å². The molecule has 15 heavy (non-hydrogen) atoms. The lowest BCUT2D eigenvalue weighted by Gasteiger charge is -2.02. The zero-order chi connectivity index (χ0) is 10.7. The summed E-state index contributed by atoms with van der Waals surface area (Å²) in [7, 11) is 0. The summed E-state index contributed by atoms with van der Waals surface area (Å²) >= 11 is 0. The first-order valence-corrected chi connectivity index (χ1v) is 4.94. The molecular formula is C12H12N2O. The Hall–Kier alpha value is -1.90. The molecular weight excluding hydrogens is 188 g/mol. The minimum absolute atomic E-state index is 0.169. The third-order valence-electron chi connectivity index (χ3n) is 2.28. The normalized spacial score (nSPS) is 10.2. The summed E-state index contributed by atoms with van der Waals surface area (Å²) in [6.45, 7) is 1.86. The molecule has 0 amide bonds. The van der Waals surface area contributed by atoms with E-state index in [1.807, 2.05) is 43.5 Å². The molecule has 2 rings (SSSR count). The molecule has 1 heterocycles. The molecule has 1 aromatic heterocycles. The smallest absolute Gasteiger partial charge is 0.162 e. The largest absolute Gasteiger partial charge is 0.294 e. The maximum absolute atomic E-state index is 11.4. The summed E-state index contributed by atoms with van der Waals surface area (Å²) in [5.41, 5.74) is 1.72. The van der Waals surface area contributed by atoms with Crippen LogP contribution in [0.3, 0.4) is 0 Å². The average molecular weight is 200 g/mol. The number of nitrogens with zero attached hydrogens (tertiary/aromatic N) is 2. The van der Waals surface area contributed by atoms with Crippen molar-refractivity contribution < 1.29 is 4.79 Å². The van der Waals surface area contributed by atoms with Crippen molar-refractivity contribution in [1.82, 2.24) is 9.78 Å². The van der Waals surface area contributed by atoms with Gasteiger partial charge in [0.05, 0.1) is 5.69 Å². The van der Waals surface area contributed by atoms with Crippen molar-refractivity contribution in [3.63, 3.8) is 0 Å². The van der Waals surface area contributed by atoms with Crippen LogP contribution in [-0.4, -0.2) is 15.6 Å². The fourth-order valence-corrected chi connectivity index (χ4v) is 1.43. The van der Waals surface area contributed by atoms with Crippen LogP contribution in [0.25, 0.3) is 5.69 Å². The van der Waals surface area contributed by atoms with Gasteiger partial charge in [-0.25, -0.2) is 4.68 Å².